The van der Waals surface area contributed by atoms with Gasteiger partial charge in [0.05, 0.1) is 17.2 Å². The number of carbonyl (C=O) groups excluding carboxylic acids is 1. The zero-order valence-corrected chi connectivity index (χ0v) is 26.2. The van der Waals surface area contributed by atoms with Crippen molar-refractivity contribution in [1.82, 2.24) is 9.88 Å². The molecule has 45 heavy (non-hydrogen) atoms. The fraction of sp³-hybridized carbons (Fsp3) is 0.333. The Balaban J connectivity index is 1.33. The Kier molecular flexibility index (Phi) is 10.7. The van der Waals surface area contributed by atoms with Crippen LogP contribution in [-0.4, -0.2) is 48.6 Å². The number of thioether (sulfide) groups is 1. The second kappa shape index (κ2) is 14.7. The minimum absolute atomic E-state index is 0.267. The van der Waals surface area contributed by atoms with Crippen LogP contribution in [0, 0.1) is 5.82 Å². The number of anilines is 1. The molecular weight excluding hydrogens is 627 g/mol. The number of carboxylic acid groups (broad SMARTS) is 1. The average molecular weight is 659 g/mol. The Labute approximate surface area is 267 Å². The summed E-state index contributed by atoms with van der Waals surface area (Å²) in [5, 5.41) is 11.6. The van der Waals surface area contributed by atoms with Gasteiger partial charge in [0.2, 0.25) is 0 Å². The van der Waals surface area contributed by atoms with E-state index >= 15 is 0 Å². The number of piperazine rings is 1. The molecule has 6 nitrogen and oxygen atoms in total. The Morgan fingerprint density at radius 3 is 2.38 bits per heavy atom. The lowest BCUT2D eigenvalue weighted by Gasteiger charge is -2.36. The number of halogens is 4. The molecule has 3 aromatic carbocycles. The van der Waals surface area contributed by atoms with Crippen molar-refractivity contribution in [2.24, 2.45) is 0 Å². The highest BCUT2D eigenvalue weighted by Gasteiger charge is 2.30. The molecule has 2 heterocycles. The number of alkyl halides is 3. The molecule has 0 unspecified atom stereocenters. The Bertz CT molecular complexity index is 1590. The summed E-state index contributed by atoms with van der Waals surface area (Å²) in [4.78, 5) is 22.3. The van der Waals surface area contributed by atoms with Crippen molar-refractivity contribution in [2.75, 3.05) is 37.7 Å². The number of thiazole rings is 1. The van der Waals surface area contributed by atoms with Gasteiger partial charge in [0, 0.05) is 59.5 Å². The third-order valence-electron chi connectivity index (χ3n) is 7.44. The molecule has 0 bridgehead atoms. The van der Waals surface area contributed by atoms with Gasteiger partial charge in [-0.2, -0.15) is 13.2 Å². The molecule has 12 heteroatoms. The first kappa shape index (κ1) is 32.8. The standard InChI is InChI=1S/C33H33F4N3O3S2/c1-2-3-23-18-27(12-13-29(23)43-20-31(41)42)44-21-30-28(38-32(45-30)22-4-6-24(7-5-22)33(35,36)37)19-39-14-16-40(17-15-39)26-10-8-25(34)9-11-26/h4-13,18H,2-3,14-17,19-21H2,1H3,(H,41,42)/p-1. The van der Waals surface area contributed by atoms with Crippen LogP contribution in [0.2, 0.25) is 0 Å². The monoisotopic (exact) mass is 658 g/mol. The van der Waals surface area contributed by atoms with Gasteiger partial charge in [-0.05, 0) is 66.6 Å². The van der Waals surface area contributed by atoms with Gasteiger partial charge < -0.3 is 19.5 Å². The lowest BCUT2D eigenvalue weighted by molar-refractivity contribution is -0.307. The number of carbonyl (C=O) groups is 1. The van der Waals surface area contributed by atoms with Gasteiger partial charge in [0.15, 0.2) is 0 Å². The Morgan fingerprint density at radius 1 is 1.02 bits per heavy atom. The second-order valence-electron chi connectivity index (χ2n) is 10.7. The van der Waals surface area contributed by atoms with Crippen molar-refractivity contribution in [3.05, 3.63) is 94.2 Å². The highest BCUT2D eigenvalue weighted by molar-refractivity contribution is 7.98. The Morgan fingerprint density at radius 2 is 1.73 bits per heavy atom. The summed E-state index contributed by atoms with van der Waals surface area (Å²) in [5.74, 6) is -0.423. The van der Waals surface area contributed by atoms with Crippen LogP contribution in [0.4, 0.5) is 23.2 Å². The molecule has 1 aliphatic heterocycles. The number of hydrogen-bond donors (Lipinski definition) is 0. The van der Waals surface area contributed by atoms with Crippen molar-refractivity contribution in [3.63, 3.8) is 0 Å². The zero-order valence-electron chi connectivity index (χ0n) is 24.6. The largest absolute Gasteiger partial charge is 0.546 e. The van der Waals surface area contributed by atoms with Crippen molar-refractivity contribution >= 4 is 34.8 Å². The van der Waals surface area contributed by atoms with Crippen LogP contribution in [0.5, 0.6) is 5.75 Å². The van der Waals surface area contributed by atoms with Gasteiger partial charge in [-0.25, -0.2) is 9.37 Å². The number of benzene rings is 3. The molecule has 1 aliphatic rings. The molecule has 0 N–H and O–H groups in total. The first-order chi connectivity index (χ1) is 21.6. The highest BCUT2D eigenvalue weighted by Crippen LogP contribution is 2.37. The smallest absolute Gasteiger partial charge is 0.416 e. The highest BCUT2D eigenvalue weighted by atomic mass is 32.2. The third-order valence-corrected chi connectivity index (χ3v) is 9.79. The molecule has 0 spiro atoms. The van der Waals surface area contributed by atoms with Gasteiger partial charge in [0.1, 0.15) is 23.2 Å². The molecule has 1 aromatic heterocycles. The van der Waals surface area contributed by atoms with E-state index in [-0.39, 0.29) is 5.82 Å². The van der Waals surface area contributed by atoms with E-state index in [1.165, 1.54) is 35.6 Å². The zero-order chi connectivity index (χ0) is 32.0. The van der Waals surface area contributed by atoms with E-state index in [0.29, 0.717) is 28.6 Å². The summed E-state index contributed by atoms with van der Waals surface area (Å²) in [7, 11) is 0. The summed E-state index contributed by atoms with van der Waals surface area (Å²) in [6.07, 6.45) is -2.82. The van der Waals surface area contributed by atoms with Gasteiger partial charge in [0.25, 0.3) is 0 Å². The van der Waals surface area contributed by atoms with E-state index in [2.05, 4.69) is 9.80 Å². The lowest BCUT2D eigenvalue weighted by Crippen LogP contribution is -2.46. The van der Waals surface area contributed by atoms with Crippen LogP contribution in [0.25, 0.3) is 10.6 Å². The number of ether oxygens (including phenoxy) is 1. The molecule has 0 amide bonds. The second-order valence-corrected chi connectivity index (χ2v) is 12.8. The van der Waals surface area contributed by atoms with E-state index in [1.54, 1.807) is 30.0 Å². The topological polar surface area (TPSA) is 68.7 Å². The quantitative estimate of drug-likeness (QED) is 0.125. The molecular formula is C33H32F4N3O3S2-. The molecule has 1 saturated heterocycles. The van der Waals surface area contributed by atoms with Crippen LogP contribution >= 0.6 is 23.1 Å². The minimum atomic E-state index is -4.41. The van der Waals surface area contributed by atoms with E-state index in [9.17, 15) is 27.5 Å². The fourth-order valence-corrected chi connectivity index (χ4v) is 7.25. The van der Waals surface area contributed by atoms with Gasteiger partial charge in [-0.15, -0.1) is 23.1 Å². The van der Waals surface area contributed by atoms with Crippen LogP contribution in [0.1, 0.15) is 35.0 Å². The summed E-state index contributed by atoms with van der Waals surface area (Å²) >= 11 is 3.09. The number of carboxylic acids is 1. The number of aryl methyl sites for hydroxylation is 1. The van der Waals surface area contributed by atoms with Crippen molar-refractivity contribution in [1.29, 1.82) is 0 Å². The Hall–Kier alpha value is -3.61. The van der Waals surface area contributed by atoms with Crippen molar-refractivity contribution < 1.29 is 32.2 Å². The number of hydrogen-bond acceptors (Lipinski definition) is 8. The van der Waals surface area contributed by atoms with Gasteiger partial charge in [-0.1, -0.05) is 25.5 Å². The van der Waals surface area contributed by atoms with Crippen LogP contribution in [0.3, 0.4) is 0 Å². The fourth-order valence-electron chi connectivity index (χ4n) is 5.11. The summed E-state index contributed by atoms with van der Waals surface area (Å²) in [6.45, 7) is 5.24. The van der Waals surface area contributed by atoms with Crippen molar-refractivity contribution in [2.45, 2.75) is 43.1 Å². The third kappa shape index (κ3) is 8.77. The summed E-state index contributed by atoms with van der Waals surface area (Å²) < 4.78 is 58.3. The maximum absolute atomic E-state index is 13.4. The van der Waals surface area contributed by atoms with E-state index in [0.717, 1.165) is 77.9 Å². The summed E-state index contributed by atoms with van der Waals surface area (Å²) in [6, 6.07) is 17.3. The molecule has 4 aromatic rings. The molecule has 238 valence electrons. The van der Waals surface area contributed by atoms with E-state index in [1.807, 2.05) is 19.1 Å². The number of nitrogens with zero attached hydrogens (tertiary/aromatic N) is 3. The SMILES string of the molecule is CCCc1cc(SCc2sc(-c3ccc(C(F)(F)F)cc3)nc2CN2CCN(c3ccc(F)cc3)CC2)ccc1OCC(=O)[O-]. The van der Waals surface area contributed by atoms with E-state index in [4.69, 9.17) is 9.72 Å². The maximum atomic E-state index is 13.4. The molecule has 0 aliphatic carbocycles. The predicted molar refractivity (Wildman–Crippen MR) is 167 cm³/mol. The maximum Gasteiger partial charge on any atom is 0.416 e. The average Bonchev–Trinajstić information content (AvgIpc) is 3.42. The normalized spacial score (nSPS) is 14.1. The van der Waals surface area contributed by atoms with Crippen molar-refractivity contribution in [3.8, 4) is 16.3 Å². The minimum Gasteiger partial charge on any atom is -0.546 e. The molecule has 5 rings (SSSR count). The first-order valence-corrected chi connectivity index (χ1v) is 16.4. The molecule has 0 saturated carbocycles. The van der Waals surface area contributed by atoms with Crippen LogP contribution in [0.15, 0.2) is 71.6 Å². The lowest BCUT2D eigenvalue weighted by atomic mass is 10.1. The van der Waals surface area contributed by atoms with Crippen LogP contribution < -0.4 is 14.7 Å². The summed E-state index contributed by atoms with van der Waals surface area (Å²) in [5.41, 5.74) is 2.71. The molecule has 1 fully saturated rings. The first-order valence-electron chi connectivity index (χ1n) is 14.6. The van der Waals surface area contributed by atoms with E-state index < -0.39 is 24.3 Å². The number of rotatable bonds is 12. The van der Waals surface area contributed by atoms with Gasteiger partial charge in [-0.3, -0.25) is 4.90 Å². The molecule has 0 atom stereocenters. The number of aliphatic carboxylic acids is 1. The van der Waals surface area contributed by atoms with Crippen LogP contribution in [-0.2, 0) is 29.7 Å². The number of aromatic nitrogens is 1. The van der Waals surface area contributed by atoms with Gasteiger partial charge >= 0.3 is 6.18 Å². The predicted octanol–water partition coefficient (Wildman–Crippen LogP) is 6.66. The molecule has 0 radical (unpaired) electrons.